The first-order valence-electron chi connectivity index (χ1n) is 15.5. The molecule has 1 aromatic heterocycles. The zero-order chi connectivity index (χ0) is 30.5. The highest BCUT2D eigenvalue weighted by Crippen LogP contribution is 2.48. The van der Waals surface area contributed by atoms with E-state index in [2.05, 4.69) is 168 Å². The van der Waals surface area contributed by atoms with Crippen molar-refractivity contribution in [3.05, 3.63) is 169 Å². The standard InChI is InChI=1S/C43H28N2S/c1-2-13-34(14-3-1)45-40-17-9-6-11-30(40)19-20-31-22-23-35(27-41(31)45)46-43-37-16-8-7-15-36(37)42(39-28-44-25-24-38(39)43)33-21-18-29-10-4-5-12-32(29)26-33/h1-28H. The molecule has 0 saturated carbocycles. The van der Waals surface area contributed by atoms with Gasteiger partial charge in [0.05, 0.1) is 11.4 Å². The smallest absolute Gasteiger partial charge is 0.0545 e. The van der Waals surface area contributed by atoms with Crippen molar-refractivity contribution in [2.45, 2.75) is 9.79 Å². The van der Waals surface area contributed by atoms with Crippen LogP contribution in [0.4, 0.5) is 17.1 Å². The molecule has 9 rings (SSSR count). The summed E-state index contributed by atoms with van der Waals surface area (Å²) < 4.78 is 0. The normalized spacial score (nSPS) is 12.3. The van der Waals surface area contributed by atoms with E-state index in [1.54, 1.807) is 0 Å². The van der Waals surface area contributed by atoms with Crippen molar-refractivity contribution >= 4 is 73.3 Å². The molecule has 0 saturated heterocycles. The summed E-state index contributed by atoms with van der Waals surface area (Å²) in [5.41, 5.74) is 8.31. The Kier molecular flexibility index (Phi) is 6.43. The SMILES string of the molecule is C1=Cc2ccc(Sc3c4ccccc4c(-c4ccc5ccccc5c4)c4cnccc34)cc2N(c2ccccc2)c2ccccc21. The lowest BCUT2D eigenvalue weighted by Crippen LogP contribution is -2.11. The fourth-order valence-corrected chi connectivity index (χ4v) is 7.90. The van der Waals surface area contributed by atoms with Crippen molar-refractivity contribution in [3.63, 3.8) is 0 Å². The number of fused-ring (bicyclic) bond motifs is 5. The van der Waals surface area contributed by atoms with Gasteiger partial charge in [-0.15, -0.1) is 0 Å². The van der Waals surface area contributed by atoms with Gasteiger partial charge >= 0.3 is 0 Å². The summed E-state index contributed by atoms with van der Waals surface area (Å²) in [5.74, 6) is 0. The second kappa shape index (κ2) is 11.1. The summed E-state index contributed by atoms with van der Waals surface area (Å²) in [6, 6.07) is 52.5. The summed E-state index contributed by atoms with van der Waals surface area (Å²) in [6.07, 6.45) is 8.41. The molecule has 0 N–H and O–H groups in total. The van der Waals surface area contributed by atoms with Gasteiger partial charge in [-0.2, -0.15) is 0 Å². The van der Waals surface area contributed by atoms with Gasteiger partial charge in [0.15, 0.2) is 0 Å². The monoisotopic (exact) mass is 604 g/mol. The van der Waals surface area contributed by atoms with Crippen LogP contribution in [0.15, 0.2) is 168 Å². The average Bonchev–Trinajstić information content (AvgIpc) is 3.28. The van der Waals surface area contributed by atoms with Crippen LogP contribution in [-0.4, -0.2) is 4.98 Å². The van der Waals surface area contributed by atoms with Crippen LogP contribution in [0.5, 0.6) is 0 Å². The number of hydrogen-bond acceptors (Lipinski definition) is 3. The maximum atomic E-state index is 4.63. The summed E-state index contributed by atoms with van der Waals surface area (Å²) in [4.78, 5) is 9.45. The van der Waals surface area contributed by atoms with Crippen molar-refractivity contribution in [2.75, 3.05) is 4.90 Å². The van der Waals surface area contributed by atoms with E-state index in [9.17, 15) is 0 Å². The van der Waals surface area contributed by atoms with Crippen molar-refractivity contribution in [3.8, 4) is 11.1 Å². The largest absolute Gasteiger partial charge is 0.309 e. The minimum absolute atomic E-state index is 1.14. The lowest BCUT2D eigenvalue weighted by atomic mass is 9.92. The molecular formula is C43H28N2S. The van der Waals surface area contributed by atoms with Gasteiger partial charge < -0.3 is 4.90 Å². The molecule has 46 heavy (non-hydrogen) atoms. The first kappa shape index (κ1) is 26.7. The predicted molar refractivity (Wildman–Crippen MR) is 196 cm³/mol. The Morgan fingerprint density at radius 1 is 0.500 bits per heavy atom. The molecule has 0 atom stereocenters. The zero-order valence-electron chi connectivity index (χ0n) is 25.0. The molecule has 0 amide bonds. The second-order valence-electron chi connectivity index (χ2n) is 11.6. The summed E-state index contributed by atoms with van der Waals surface area (Å²) in [6.45, 7) is 0. The van der Waals surface area contributed by atoms with Gasteiger partial charge in [-0.1, -0.05) is 127 Å². The summed E-state index contributed by atoms with van der Waals surface area (Å²) >= 11 is 1.83. The van der Waals surface area contributed by atoms with Crippen LogP contribution in [0.1, 0.15) is 11.1 Å². The van der Waals surface area contributed by atoms with Crippen LogP contribution in [0, 0.1) is 0 Å². The van der Waals surface area contributed by atoms with Crippen molar-refractivity contribution < 1.29 is 0 Å². The fraction of sp³-hybridized carbons (Fsp3) is 0. The summed E-state index contributed by atoms with van der Waals surface area (Å²) in [5, 5.41) is 7.34. The Balaban J connectivity index is 1.23. The van der Waals surface area contributed by atoms with Crippen LogP contribution in [0.2, 0.25) is 0 Å². The van der Waals surface area contributed by atoms with Crippen LogP contribution in [0.25, 0.3) is 55.6 Å². The van der Waals surface area contributed by atoms with Crippen molar-refractivity contribution in [1.82, 2.24) is 4.98 Å². The number of benzene rings is 7. The molecule has 2 nitrogen and oxygen atoms in total. The molecule has 8 aromatic rings. The van der Waals surface area contributed by atoms with Gasteiger partial charge in [-0.3, -0.25) is 4.98 Å². The lowest BCUT2D eigenvalue weighted by Gasteiger charge is -2.27. The maximum Gasteiger partial charge on any atom is 0.0545 e. The van der Waals surface area contributed by atoms with E-state index in [4.69, 9.17) is 0 Å². The van der Waals surface area contributed by atoms with Crippen LogP contribution in [0.3, 0.4) is 0 Å². The molecule has 3 heteroatoms. The van der Waals surface area contributed by atoms with Crippen LogP contribution >= 0.6 is 11.8 Å². The van der Waals surface area contributed by atoms with E-state index in [1.807, 2.05) is 24.2 Å². The average molecular weight is 605 g/mol. The molecule has 0 unspecified atom stereocenters. The number of pyridine rings is 1. The molecular weight excluding hydrogens is 577 g/mol. The van der Waals surface area contributed by atoms with Gasteiger partial charge in [-0.25, -0.2) is 0 Å². The zero-order valence-corrected chi connectivity index (χ0v) is 25.8. The molecule has 1 aliphatic heterocycles. The number of nitrogens with zero attached hydrogens (tertiary/aromatic N) is 2. The minimum Gasteiger partial charge on any atom is -0.309 e. The fourth-order valence-electron chi connectivity index (χ4n) is 6.78. The van der Waals surface area contributed by atoms with Crippen molar-refractivity contribution in [1.29, 1.82) is 0 Å². The van der Waals surface area contributed by atoms with E-state index < -0.39 is 0 Å². The molecule has 1 aliphatic rings. The number of aromatic nitrogens is 1. The van der Waals surface area contributed by atoms with E-state index in [0.717, 1.165) is 11.1 Å². The Bertz CT molecular complexity index is 2410. The van der Waals surface area contributed by atoms with Crippen LogP contribution < -0.4 is 4.90 Å². The Labute approximate surface area is 272 Å². The highest BCUT2D eigenvalue weighted by Gasteiger charge is 2.22. The third kappa shape index (κ3) is 4.48. The van der Waals surface area contributed by atoms with E-state index in [1.165, 1.54) is 70.4 Å². The van der Waals surface area contributed by atoms with E-state index >= 15 is 0 Å². The maximum absolute atomic E-state index is 4.63. The summed E-state index contributed by atoms with van der Waals surface area (Å²) in [7, 11) is 0. The Morgan fingerprint density at radius 3 is 2.11 bits per heavy atom. The first-order valence-corrected chi connectivity index (χ1v) is 16.4. The lowest BCUT2D eigenvalue weighted by molar-refractivity contribution is 1.25. The van der Waals surface area contributed by atoms with Crippen LogP contribution in [-0.2, 0) is 0 Å². The van der Waals surface area contributed by atoms with Gasteiger partial charge in [0.1, 0.15) is 0 Å². The van der Waals surface area contributed by atoms with Gasteiger partial charge in [0, 0.05) is 33.3 Å². The van der Waals surface area contributed by atoms with Crippen molar-refractivity contribution in [2.24, 2.45) is 0 Å². The number of hydrogen-bond donors (Lipinski definition) is 0. The van der Waals surface area contributed by atoms with Gasteiger partial charge in [0.25, 0.3) is 0 Å². The first-order chi connectivity index (χ1) is 22.8. The minimum atomic E-state index is 1.14. The molecule has 0 spiro atoms. The van der Waals surface area contributed by atoms with Gasteiger partial charge in [0.2, 0.25) is 0 Å². The topological polar surface area (TPSA) is 16.1 Å². The third-order valence-electron chi connectivity index (χ3n) is 8.91. The molecule has 0 radical (unpaired) electrons. The van der Waals surface area contributed by atoms with E-state index in [-0.39, 0.29) is 0 Å². The molecule has 0 aliphatic carbocycles. The second-order valence-corrected chi connectivity index (χ2v) is 12.7. The Morgan fingerprint density at radius 2 is 1.22 bits per heavy atom. The predicted octanol–water partition coefficient (Wildman–Crippen LogP) is 12.3. The van der Waals surface area contributed by atoms with Gasteiger partial charge in [-0.05, 0) is 91.6 Å². The molecule has 216 valence electrons. The molecule has 0 fully saturated rings. The molecule has 0 bridgehead atoms. The quantitative estimate of drug-likeness (QED) is 0.186. The molecule has 7 aromatic carbocycles. The molecule has 2 heterocycles. The number of anilines is 3. The number of rotatable bonds is 4. The number of para-hydroxylation sites is 2. The van der Waals surface area contributed by atoms with E-state index in [0.29, 0.717) is 0 Å². The Hall–Kier alpha value is -5.64. The third-order valence-corrected chi connectivity index (χ3v) is 10.0. The highest BCUT2D eigenvalue weighted by molar-refractivity contribution is 7.99. The highest BCUT2D eigenvalue weighted by atomic mass is 32.2.